The van der Waals surface area contributed by atoms with Crippen LogP contribution in [0.4, 0.5) is 0 Å². The maximum Gasteiger partial charge on any atom is 0.291 e. The van der Waals surface area contributed by atoms with Gasteiger partial charge in [0.05, 0.1) is 19.7 Å². The van der Waals surface area contributed by atoms with E-state index in [1.165, 1.54) is 12.0 Å². The van der Waals surface area contributed by atoms with Gasteiger partial charge in [-0.05, 0) is 29.8 Å². The van der Waals surface area contributed by atoms with Crippen molar-refractivity contribution >= 4 is 17.5 Å². The van der Waals surface area contributed by atoms with Crippen LogP contribution in [0.15, 0.2) is 67.5 Å². The maximum absolute atomic E-state index is 13.4. The largest absolute Gasteiger partial charge is 0.497 e. The third-order valence-corrected chi connectivity index (χ3v) is 5.51. The first-order valence-electron chi connectivity index (χ1n) is 10.0. The Morgan fingerprint density at radius 3 is 2.74 bits per heavy atom. The Morgan fingerprint density at radius 2 is 2.03 bits per heavy atom. The monoisotopic (exact) mass is 419 g/mol. The molecular formula is C23H23N4O4+. The van der Waals surface area contributed by atoms with Crippen molar-refractivity contribution in [2.75, 3.05) is 13.7 Å². The minimum absolute atomic E-state index is 0.342. The number of imidazole rings is 1. The lowest BCUT2D eigenvalue weighted by molar-refractivity contribution is -0.695. The molecule has 4 rings (SSSR count). The number of ether oxygens (including phenoxy) is 1. The van der Waals surface area contributed by atoms with Gasteiger partial charge in [0.15, 0.2) is 5.78 Å². The van der Waals surface area contributed by atoms with Crippen molar-refractivity contribution in [2.24, 2.45) is 5.92 Å². The molecule has 0 spiro atoms. The number of nitrogens with zero attached hydrogens (tertiary/aromatic N) is 3. The van der Waals surface area contributed by atoms with Crippen LogP contribution in [0.1, 0.15) is 28.4 Å². The number of rotatable bonds is 8. The highest BCUT2D eigenvalue weighted by Crippen LogP contribution is 2.38. The van der Waals surface area contributed by atoms with E-state index in [2.05, 4.69) is 9.97 Å². The van der Waals surface area contributed by atoms with Crippen molar-refractivity contribution in [1.82, 2.24) is 14.9 Å². The average molecular weight is 419 g/mol. The average Bonchev–Trinajstić information content (AvgIpc) is 3.41. The van der Waals surface area contributed by atoms with Crippen LogP contribution in [-0.4, -0.2) is 46.0 Å². The third-order valence-electron chi connectivity index (χ3n) is 5.51. The van der Waals surface area contributed by atoms with Crippen LogP contribution in [0.25, 0.3) is 0 Å². The number of H-pyrrole nitrogens is 1. The number of aromatic nitrogens is 3. The van der Waals surface area contributed by atoms with Gasteiger partial charge in [-0.15, -0.1) is 0 Å². The van der Waals surface area contributed by atoms with E-state index in [1.807, 2.05) is 23.3 Å². The molecule has 1 N–H and O–H groups in total. The molecule has 1 saturated heterocycles. The normalized spacial score (nSPS) is 18.4. The van der Waals surface area contributed by atoms with Gasteiger partial charge in [-0.25, -0.2) is 4.57 Å². The fraction of sp³-hybridized carbons (Fsp3) is 0.261. The van der Waals surface area contributed by atoms with E-state index in [1.54, 1.807) is 48.8 Å². The number of methoxy groups -OCH3 is 1. The van der Waals surface area contributed by atoms with E-state index in [-0.39, 0.29) is 5.78 Å². The van der Waals surface area contributed by atoms with E-state index in [0.717, 1.165) is 0 Å². The summed E-state index contributed by atoms with van der Waals surface area (Å²) in [4.78, 5) is 47.8. The Bertz CT molecular complexity index is 1080. The molecule has 3 aromatic rings. The van der Waals surface area contributed by atoms with Gasteiger partial charge in [0, 0.05) is 30.9 Å². The molecule has 3 heterocycles. The fourth-order valence-corrected chi connectivity index (χ4v) is 4.00. The van der Waals surface area contributed by atoms with Crippen molar-refractivity contribution in [1.29, 1.82) is 0 Å². The van der Waals surface area contributed by atoms with Gasteiger partial charge in [-0.3, -0.25) is 24.4 Å². The highest BCUT2D eigenvalue weighted by molar-refractivity contribution is 6.44. The molecule has 1 fully saturated rings. The van der Waals surface area contributed by atoms with Gasteiger partial charge < -0.3 is 9.64 Å². The van der Waals surface area contributed by atoms with Crippen LogP contribution in [0, 0.1) is 5.92 Å². The molecule has 2 atom stereocenters. The predicted molar refractivity (Wildman–Crippen MR) is 110 cm³/mol. The zero-order chi connectivity index (χ0) is 21.8. The van der Waals surface area contributed by atoms with Crippen LogP contribution in [0.2, 0.25) is 0 Å². The first-order valence-corrected chi connectivity index (χ1v) is 10.0. The lowest BCUT2D eigenvalue weighted by Gasteiger charge is -2.27. The second-order valence-electron chi connectivity index (χ2n) is 7.36. The second kappa shape index (κ2) is 8.91. The lowest BCUT2D eigenvalue weighted by Crippen LogP contribution is -2.36. The van der Waals surface area contributed by atoms with Crippen LogP contribution in [0.5, 0.6) is 5.75 Å². The Labute approximate surface area is 179 Å². The Kier molecular flexibility index (Phi) is 5.88. The van der Waals surface area contributed by atoms with Gasteiger partial charge >= 0.3 is 0 Å². The number of pyridine rings is 1. The molecule has 8 heteroatoms. The van der Waals surface area contributed by atoms with E-state index in [9.17, 15) is 14.4 Å². The number of aromatic amines is 1. The molecule has 1 aliphatic rings. The zero-order valence-corrected chi connectivity index (χ0v) is 17.1. The van der Waals surface area contributed by atoms with E-state index in [0.29, 0.717) is 36.4 Å². The summed E-state index contributed by atoms with van der Waals surface area (Å²) < 4.78 is 7.17. The zero-order valence-electron chi connectivity index (χ0n) is 17.1. The highest BCUT2D eigenvalue weighted by Gasteiger charge is 2.51. The van der Waals surface area contributed by atoms with E-state index >= 15 is 0 Å². The summed E-state index contributed by atoms with van der Waals surface area (Å²) in [5, 5.41) is 0. The minimum atomic E-state index is -1.11. The summed E-state index contributed by atoms with van der Waals surface area (Å²) in [5.74, 6) is -2.28. The highest BCUT2D eigenvalue weighted by atomic mass is 16.5. The van der Waals surface area contributed by atoms with E-state index in [4.69, 9.17) is 4.74 Å². The van der Waals surface area contributed by atoms with Crippen molar-refractivity contribution in [3.05, 3.63) is 78.6 Å². The van der Waals surface area contributed by atoms with Gasteiger partial charge in [0.1, 0.15) is 24.1 Å². The number of ketones is 2. The summed E-state index contributed by atoms with van der Waals surface area (Å²) in [6.45, 7) is 1.04. The number of hydrogen-bond acceptors (Lipinski definition) is 5. The molecule has 0 saturated carbocycles. The third kappa shape index (κ3) is 4.09. The first-order chi connectivity index (χ1) is 15.1. The SMILES string of the molecule is COc1cccc(C(=O)C2C(=O)C(=O)N(CCC[n+]3cc[nH]c3)C2c2ccncc2)c1. The van der Waals surface area contributed by atoms with Crippen molar-refractivity contribution in [3.63, 3.8) is 0 Å². The van der Waals surface area contributed by atoms with Crippen LogP contribution in [-0.2, 0) is 16.1 Å². The molecule has 158 valence electrons. The van der Waals surface area contributed by atoms with Gasteiger partial charge in [-0.2, -0.15) is 0 Å². The molecule has 1 amide bonds. The summed E-state index contributed by atoms with van der Waals surface area (Å²) in [5.41, 5.74) is 1.05. The van der Waals surface area contributed by atoms with Gasteiger partial charge in [0.25, 0.3) is 5.91 Å². The molecule has 0 aliphatic carbocycles. The second-order valence-corrected chi connectivity index (χ2v) is 7.36. The standard InChI is InChI=1S/C23H22N4O4/c1-31-18-5-2-4-17(14-18)21(28)19-20(16-6-8-24-9-7-16)27(23(30)22(19)29)12-3-11-26-13-10-25-15-26/h2,4-10,13-15,19-20H,3,11-12H2,1H3/p+1. The Hall–Kier alpha value is -3.81. The summed E-state index contributed by atoms with van der Waals surface area (Å²) >= 11 is 0. The minimum Gasteiger partial charge on any atom is -0.497 e. The Morgan fingerprint density at radius 1 is 1.23 bits per heavy atom. The molecular weight excluding hydrogens is 396 g/mol. The fourth-order valence-electron chi connectivity index (χ4n) is 4.00. The number of Topliss-reactive ketones (excluding diaryl/α,β-unsaturated/α-hetero) is 2. The molecule has 0 radical (unpaired) electrons. The molecule has 1 aliphatic heterocycles. The number of carbonyl (C=O) groups is 3. The summed E-state index contributed by atoms with van der Waals surface area (Å²) in [6, 6.07) is 9.47. The van der Waals surface area contributed by atoms with Crippen molar-refractivity contribution < 1.29 is 23.7 Å². The van der Waals surface area contributed by atoms with E-state index < -0.39 is 23.7 Å². The molecule has 8 nitrogen and oxygen atoms in total. The van der Waals surface area contributed by atoms with Crippen molar-refractivity contribution in [2.45, 2.75) is 19.0 Å². The summed E-state index contributed by atoms with van der Waals surface area (Å²) in [7, 11) is 1.51. The lowest BCUT2D eigenvalue weighted by atomic mass is 9.86. The number of carbonyl (C=O) groups excluding carboxylic acids is 3. The number of amides is 1. The number of benzene rings is 1. The number of nitrogens with one attached hydrogen (secondary N) is 1. The molecule has 2 unspecified atom stereocenters. The number of hydrogen-bond donors (Lipinski definition) is 1. The smallest absolute Gasteiger partial charge is 0.291 e. The quantitative estimate of drug-likeness (QED) is 0.260. The molecule has 1 aromatic carbocycles. The topological polar surface area (TPSA) is 96.2 Å². The number of likely N-dealkylation sites (tertiary alicyclic amines) is 1. The van der Waals surface area contributed by atoms with Crippen molar-refractivity contribution in [3.8, 4) is 5.75 Å². The molecule has 2 aromatic heterocycles. The van der Waals surface area contributed by atoms with Crippen LogP contribution >= 0.6 is 0 Å². The van der Waals surface area contributed by atoms with Gasteiger partial charge in [0.2, 0.25) is 12.1 Å². The van der Waals surface area contributed by atoms with Crippen LogP contribution in [0.3, 0.4) is 0 Å². The number of aryl methyl sites for hydroxylation is 1. The van der Waals surface area contributed by atoms with Crippen LogP contribution < -0.4 is 9.30 Å². The summed E-state index contributed by atoms with van der Waals surface area (Å²) in [6.07, 6.45) is 9.38. The molecule has 31 heavy (non-hydrogen) atoms. The maximum atomic E-state index is 13.4. The molecule has 0 bridgehead atoms. The Balaban J connectivity index is 1.65. The predicted octanol–water partition coefficient (Wildman–Crippen LogP) is 1.75. The van der Waals surface area contributed by atoms with Gasteiger partial charge in [-0.1, -0.05) is 12.1 Å². The first kappa shape index (κ1) is 20.5.